The van der Waals surface area contributed by atoms with E-state index in [1.54, 1.807) is 6.92 Å². The zero-order chi connectivity index (χ0) is 16.0. The number of aliphatic hydroxyl groups is 2. The second-order valence-electron chi connectivity index (χ2n) is 4.47. The van der Waals surface area contributed by atoms with Crippen molar-refractivity contribution in [1.82, 2.24) is 4.31 Å². The second kappa shape index (κ2) is 7.52. The molecule has 0 aromatic heterocycles. The summed E-state index contributed by atoms with van der Waals surface area (Å²) in [4.78, 5) is -0.199. The maximum atomic E-state index is 13.9. The number of hydrogen-bond donors (Lipinski definition) is 2. The molecule has 7 heteroatoms. The van der Waals surface area contributed by atoms with Crippen molar-refractivity contribution in [1.29, 1.82) is 0 Å². The molecule has 0 aliphatic carbocycles. The van der Waals surface area contributed by atoms with Crippen molar-refractivity contribution in [3.8, 4) is 11.8 Å². The molecule has 1 unspecified atom stereocenters. The van der Waals surface area contributed by atoms with Crippen LogP contribution in [0.1, 0.15) is 18.9 Å². The van der Waals surface area contributed by atoms with Crippen LogP contribution in [0.2, 0.25) is 0 Å². The summed E-state index contributed by atoms with van der Waals surface area (Å²) in [5.41, 5.74) is 0.0697. The molecule has 2 N–H and O–H groups in total. The normalized spacial score (nSPS) is 12.9. The van der Waals surface area contributed by atoms with Gasteiger partial charge >= 0.3 is 0 Å². The predicted octanol–water partition coefficient (Wildman–Crippen LogP) is 0.561. The maximum Gasteiger partial charge on any atom is 0.243 e. The Labute approximate surface area is 124 Å². The summed E-state index contributed by atoms with van der Waals surface area (Å²) in [5, 5.41) is 17.6. The van der Waals surface area contributed by atoms with Gasteiger partial charge in [0.25, 0.3) is 0 Å². The van der Waals surface area contributed by atoms with Gasteiger partial charge in [-0.05, 0) is 25.1 Å². The van der Waals surface area contributed by atoms with E-state index in [1.807, 2.05) is 0 Å². The van der Waals surface area contributed by atoms with E-state index in [0.29, 0.717) is 0 Å². The van der Waals surface area contributed by atoms with Crippen molar-refractivity contribution < 1.29 is 23.0 Å². The highest BCUT2D eigenvalue weighted by molar-refractivity contribution is 7.89. The minimum absolute atomic E-state index is 0.0697. The van der Waals surface area contributed by atoms with Gasteiger partial charge in [0.15, 0.2) is 0 Å². The molecule has 0 saturated carbocycles. The van der Waals surface area contributed by atoms with E-state index in [4.69, 9.17) is 10.2 Å². The Morgan fingerprint density at radius 1 is 1.38 bits per heavy atom. The van der Waals surface area contributed by atoms with Gasteiger partial charge in [0.2, 0.25) is 10.0 Å². The van der Waals surface area contributed by atoms with E-state index in [1.165, 1.54) is 19.2 Å². The summed E-state index contributed by atoms with van der Waals surface area (Å²) in [6.45, 7) is 1.09. The van der Waals surface area contributed by atoms with Gasteiger partial charge in [-0.15, -0.1) is 0 Å². The smallest absolute Gasteiger partial charge is 0.243 e. The highest BCUT2D eigenvalue weighted by Crippen LogP contribution is 2.19. The number of benzene rings is 1. The lowest BCUT2D eigenvalue weighted by atomic mass is 10.2. The molecule has 0 radical (unpaired) electrons. The summed E-state index contributed by atoms with van der Waals surface area (Å²) < 4.78 is 39.3. The number of nitrogens with zero attached hydrogens (tertiary/aromatic N) is 1. The number of halogens is 1. The number of rotatable bonds is 5. The Bertz CT molecular complexity index is 649. The molecule has 0 spiro atoms. The van der Waals surface area contributed by atoms with Gasteiger partial charge < -0.3 is 10.2 Å². The highest BCUT2D eigenvalue weighted by atomic mass is 32.2. The third-order valence-corrected chi connectivity index (χ3v) is 4.93. The van der Waals surface area contributed by atoms with Gasteiger partial charge in [-0.3, -0.25) is 0 Å². The molecule has 116 valence electrons. The SMILES string of the molecule is CC(CO)N(C)S(=O)(=O)c1ccc(C#CCCO)c(F)c1. The van der Waals surface area contributed by atoms with Crippen molar-refractivity contribution in [3.63, 3.8) is 0 Å². The lowest BCUT2D eigenvalue weighted by Gasteiger charge is -2.22. The fourth-order valence-electron chi connectivity index (χ4n) is 1.49. The van der Waals surface area contributed by atoms with E-state index >= 15 is 0 Å². The van der Waals surface area contributed by atoms with Crippen LogP contribution in [-0.4, -0.2) is 49.2 Å². The number of hydrogen-bond acceptors (Lipinski definition) is 4. The minimum atomic E-state index is -3.87. The fourth-order valence-corrected chi connectivity index (χ4v) is 2.85. The molecule has 0 amide bonds. The van der Waals surface area contributed by atoms with Gasteiger partial charge in [-0.1, -0.05) is 11.8 Å². The zero-order valence-corrected chi connectivity index (χ0v) is 12.7. The molecule has 0 aliphatic rings. The van der Waals surface area contributed by atoms with Gasteiger partial charge in [-0.2, -0.15) is 4.31 Å². The monoisotopic (exact) mass is 315 g/mol. The first-order valence-corrected chi connectivity index (χ1v) is 7.76. The van der Waals surface area contributed by atoms with Crippen LogP contribution in [-0.2, 0) is 10.0 Å². The van der Waals surface area contributed by atoms with Crippen molar-refractivity contribution in [2.75, 3.05) is 20.3 Å². The minimum Gasteiger partial charge on any atom is -0.395 e. The Balaban J connectivity index is 3.12. The lowest BCUT2D eigenvalue weighted by molar-refractivity contribution is 0.214. The molecule has 0 heterocycles. The molecule has 1 rings (SSSR count). The van der Waals surface area contributed by atoms with Gasteiger partial charge in [0.05, 0.1) is 23.7 Å². The molecule has 0 aliphatic heterocycles. The summed E-state index contributed by atoms with van der Waals surface area (Å²) in [7, 11) is -2.55. The van der Waals surface area contributed by atoms with E-state index in [-0.39, 0.29) is 30.1 Å². The molecule has 0 fully saturated rings. The largest absolute Gasteiger partial charge is 0.395 e. The molecule has 1 aromatic rings. The Hall–Kier alpha value is -1.46. The van der Waals surface area contributed by atoms with Crippen LogP contribution < -0.4 is 0 Å². The Morgan fingerprint density at radius 3 is 2.57 bits per heavy atom. The van der Waals surface area contributed by atoms with E-state index in [2.05, 4.69) is 11.8 Å². The summed E-state index contributed by atoms with van der Waals surface area (Å²) in [6, 6.07) is 2.84. The zero-order valence-electron chi connectivity index (χ0n) is 11.9. The van der Waals surface area contributed by atoms with Gasteiger partial charge in [0.1, 0.15) is 5.82 Å². The van der Waals surface area contributed by atoms with Gasteiger partial charge in [-0.25, -0.2) is 12.8 Å². The fraction of sp³-hybridized carbons (Fsp3) is 0.429. The molecular formula is C14H18FNO4S. The molecule has 1 aromatic carbocycles. The predicted molar refractivity (Wildman–Crippen MR) is 76.5 cm³/mol. The molecule has 0 saturated heterocycles. The topological polar surface area (TPSA) is 77.8 Å². The standard InChI is InChI=1S/C14H18FNO4S/c1-11(10-18)16(2)21(19,20)13-7-6-12(14(15)9-13)5-3-4-8-17/h6-7,9,11,17-18H,4,8,10H2,1-2H3. The van der Waals surface area contributed by atoms with Crippen molar-refractivity contribution >= 4 is 10.0 Å². The second-order valence-corrected chi connectivity index (χ2v) is 6.47. The van der Waals surface area contributed by atoms with Crippen LogP contribution in [0.3, 0.4) is 0 Å². The van der Waals surface area contributed by atoms with Crippen LogP contribution >= 0.6 is 0 Å². The quantitative estimate of drug-likeness (QED) is 0.779. The Morgan fingerprint density at radius 2 is 2.05 bits per heavy atom. The van der Waals surface area contributed by atoms with Crippen molar-refractivity contribution in [2.24, 2.45) is 0 Å². The van der Waals surface area contributed by atoms with Crippen LogP contribution in [0.25, 0.3) is 0 Å². The number of sulfonamides is 1. The van der Waals surface area contributed by atoms with Gasteiger partial charge in [0, 0.05) is 19.5 Å². The first kappa shape index (κ1) is 17.6. The third-order valence-electron chi connectivity index (χ3n) is 2.96. The lowest BCUT2D eigenvalue weighted by Crippen LogP contribution is -2.37. The first-order chi connectivity index (χ1) is 9.84. The highest BCUT2D eigenvalue weighted by Gasteiger charge is 2.25. The maximum absolute atomic E-state index is 13.9. The molecule has 5 nitrogen and oxygen atoms in total. The molecule has 21 heavy (non-hydrogen) atoms. The average molecular weight is 315 g/mol. The molecular weight excluding hydrogens is 297 g/mol. The number of aliphatic hydroxyl groups excluding tert-OH is 2. The molecule has 0 bridgehead atoms. The Kier molecular flexibility index (Phi) is 6.30. The van der Waals surface area contributed by atoms with E-state index in [9.17, 15) is 12.8 Å². The number of likely N-dealkylation sites (N-methyl/N-ethyl adjacent to an activating group) is 1. The molecule has 1 atom stereocenters. The summed E-state index contributed by atoms with van der Waals surface area (Å²) >= 11 is 0. The van der Waals surface area contributed by atoms with Crippen molar-refractivity contribution in [2.45, 2.75) is 24.3 Å². The van der Waals surface area contributed by atoms with Crippen LogP contribution in [0, 0.1) is 17.7 Å². The summed E-state index contributed by atoms with van der Waals surface area (Å²) in [6.07, 6.45) is 0.218. The van der Waals surface area contributed by atoms with E-state index < -0.39 is 21.9 Å². The summed E-state index contributed by atoms with van der Waals surface area (Å²) in [5.74, 6) is 4.35. The third kappa shape index (κ3) is 4.25. The van der Waals surface area contributed by atoms with Crippen LogP contribution in [0.5, 0.6) is 0 Å². The van der Waals surface area contributed by atoms with E-state index in [0.717, 1.165) is 10.4 Å². The van der Waals surface area contributed by atoms with Crippen LogP contribution in [0.4, 0.5) is 4.39 Å². The average Bonchev–Trinajstić information content (AvgIpc) is 2.47. The first-order valence-electron chi connectivity index (χ1n) is 6.32. The van der Waals surface area contributed by atoms with Crippen LogP contribution in [0.15, 0.2) is 23.1 Å². The van der Waals surface area contributed by atoms with Crippen molar-refractivity contribution in [3.05, 3.63) is 29.6 Å².